The Morgan fingerprint density at radius 2 is 2.00 bits per heavy atom. The van der Waals surface area contributed by atoms with Gasteiger partial charge in [0.2, 0.25) is 5.91 Å². The minimum absolute atomic E-state index is 0.228. The van der Waals surface area contributed by atoms with Gasteiger partial charge in [0.05, 0.1) is 6.54 Å². The Morgan fingerprint density at radius 1 is 1.21 bits per heavy atom. The predicted octanol–water partition coefficient (Wildman–Crippen LogP) is 3.55. The molecular formula is C23H29FN4O. The topological polar surface area (TPSA) is 47.9 Å². The van der Waals surface area contributed by atoms with Crippen molar-refractivity contribution in [3.8, 4) is 0 Å². The highest BCUT2D eigenvalue weighted by atomic mass is 19.1. The first kappa shape index (κ1) is 20.8. The van der Waals surface area contributed by atoms with Crippen molar-refractivity contribution in [3.63, 3.8) is 0 Å². The van der Waals surface area contributed by atoms with Crippen LogP contribution < -0.4 is 5.32 Å². The van der Waals surface area contributed by atoms with E-state index in [0.717, 1.165) is 42.2 Å². The van der Waals surface area contributed by atoms with Crippen LogP contribution in [0, 0.1) is 5.82 Å². The lowest BCUT2D eigenvalue weighted by Gasteiger charge is -2.23. The van der Waals surface area contributed by atoms with Crippen molar-refractivity contribution in [1.82, 2.24) is 15.1 Å². The molecule has 0 spiro atoms. The molecule has 154 valence electrons. The number of likely N-dealkylation sites (tertiary alicyclic amines) is 1. The molecule has 2 aromatic carbocycles. The SMILES string of the molecule is CCNC(=NCc1ccccc1CN1CCCC1=O)N(C)Cc1cccc(F)c1. The Kier molecular flexibility index (Phi) is 7.22. The first-order valence-corrected chi connectivity index (χ1v) is 10.1. The molecule has 1 aliphatic heterocycles. The minimum Gasteiger partial charge on any atom is -0.357 e. The number of amides is 1. The second-order valence-corrected chi connectivity index (χ2v) is 7.34. The molecule has 0 atom stereocenters. The van der Waals surface area contributed by atoms with Gasteiger partial charge < -0.3 is 15.1 Å². The molecule has 29 heavy (non-hydrogen) atoms. The van der Waals surface area contributed by atoms with E-state index < -0.39 is 0 Å². The van der Waals surface area contributed by atoms with Gasteiger partial charge in [0.25, 0.3) is 0 Å². The van der Waals surface area contributed by atoms with Crippen LogP contribution in [0.4, 0.5) is 4.39 Å². The van der Waals surface area contributed by atoms with Crippen molar-refractivity contribution < 1.29 is 9.18 Å². The number of carbonyl (C=O) groups excluding carboxylic acids is 1. The fourth-order valence-corrected chi connectivity index (χ4v) is 3.56. The molecule has 0 bridgehead atoms. The number of guanidine groups is 1. The van der Waals surface area contributed by atoms with E-state index in [4.69, 9.17) is 4.99 Å². The average Bonchev–Trinajstić information content (AvgIpc) is 3.10. The summed E-state index contributed by atoms with van der Waals surface area (Å²) < 4.78 is 13.5. The lowest BCUT2D eigenvalue weighted by molar-refractivity contribution is -0.128. The average molecular weight is 397 g/mol. The third kappa shape index (κ3) is 5.79. The molecule has 1 saturated heterocycles. The Balaban J connectivity index is 1.72. The van der Waals surface area contributed by atoms with E-state index in [1.807, 2.05) is 42.0 Å². The first-order chi connectivity index (χ1) is 14.1. The molecule has 0 unspecified atom stereocenters. The van der Waals surface area contributed by atoms with Crippen LogP contribution in [-0.2, 0) is 24.4 Å². The lowest BCUT2D eigenvalue weighted by atomic mass is 10.1. The van der Waals surface area contributed by atoms with Gasteiger partial charge in [0.1, 0.15) is 5.82 Å². The zero-order valence-electron chi connectivity index (χ0n) is 17.2. The quantitative estimate of drug-likeness (QED) is 0.575. The Hall–Kier alpha value is -2.89. The monoisotopic (exact) mass is 396 g/mol. The van der Waals surface area contributed by atoms with Gasteiger partial charge in [-0.3, -0.25) is 4.79 Å². The van der Waals surface area contributed by atoms with Crippen LogP contribution in [0.5, 0.6) is 0 Å². The fourth-order valence-electron chi connectivity index (χ4n) is 3.56. The third-order valence-electron chi connectivity index (χ3n) is 5.06. The van der Waals surface area contributed by atoms with Crippen LogP contribution in [0.15, 0.2) is 53.5 Å². The van der Waals surface area contributed by atoms with Gasteiger partial charge in [-0.05, 0) is 42.2 Å². The highest BCUT2D eigenvalue weighted by Gasteiger charge is 2.20. The van der Waals surface area contributed by atoms with Crippen molar-refractivity contribution in [3.05, 3.63) is 71.0 Å². The lowest BCUT2D eigenvalue weighted by Crippen LogP contribution is -2.38. The van der Waals surface area contributed by atoms with Crippen molar-refractivity contribution in [2.75, 3.05) is 20.1 Å². The normalized spacial score (nSPS) is 14.4. The zero-order valence-corrected chi connectivity index (χ0v) is 17.2. The number of nitrogens with one attached hydrogen (secondary N) is 1. The second-order valence-electron chi connectivity index (χ2n) is 7.34. The van der Waals surface area contributed by atoms with Crippen molar-refractivity contribution in [2.45, 2.75) is 39.4 Å². The largest absolute Gasteiger partial charge is 0.357 e. The van der Waals surface area contributed by atoms with E-state index >= 15 is 0 Å². The van der Waals surface area contributed by atoms with Gasteiger partial charge in [0.15, 0.2) is 5.96 Å². The third-order valence-corrected chi connectivity index (χ3v) is 5.06. The molecule has 6 heteroatoms. The van der Waals surface area contributed by atoms with E-state index in [1.54, 1.807) is 12.1 Å². The summed E-state index contributed by atoms with van der Waals surface area (Å²) in [6.07, 6.45) is 1.59. The van der Waals surface area contributed by atoms with Crippen LogP contribution >= 0.6 is 0 Å². The Bertz CT molecular complexity index is 867. The van der Waals surface area contributed by atoms with E-state index in [9.17, 15) is 9.18 Å². The van der Waals surface area contributed by atoms with Crippen molar-refractivity contribution in [1.29, 1.82) is 0 Å². The Morgan fingerprint density at radius 3 is 2.69 bits per heavy atom. The minimum atomic E-state index is -0.233. The molecule has 0 saturated carbocycles. The summed E-state index contributed by atoms with van der Waals surface area (Å²) in [4.78, 5) is 20.7. The number of hydrogen-bond donors (Lipinski definition) is 1. The van der Waals surface area contributed by atoms with E-state index in [-0.39, 0.29) is 11.7 Å². The fraction of sp³-hybridized carbons (Fsp3) is 0.391. The molecule has 0 aliphatic carbocycles. The van der Waals surface area contributed by atoms with Crippen LogP contribution in [0.3, 0.4) is 0 Å². The number of nitrogens with zero attached hydrogens (tertiary/aromatic N) is 3. The number of hydrogen-bond acceptors (Lipinski definition) is 2. The first-order valence-electron chi connectivity index (χ1n) is 10.1. The predicted molar refractivity (Wildman–Crippen MR) is 114 cm³/mol. The number of aliphatic imine (C=N–C) groups is 1. The van der Waals surface area contributed by atoms with Gasteiger partial charge in [0, 0.05) is 39.6 Å². The molecule has 0 aromatic heterocycles. The molecule has 2 aromatic rings. The smallest absolute Gasteiger partial charge is 0.222 e. The van der Waals surface area contributed by atoms with E-state index in [2.05, 4.69) is 17.4 Å². The second kappa shape index (κ2) is 10.0. The van der Waals surface area contributed by atoms with Gasteiger partial charge in [-0.2, -0.15) is 0 Å². The van der Waals surface area contributed by atoms with Crippen LogP contribution in [0.2, 0.25) is 0 Å². The summed E-state index contributed by atoms with van der Waals surface area (Å²) >= 11 is 0. The number of halogens is 1. The summed E-state index contributed by atoms with van der Waals surface area (Å²) in [5.74, 6) is 0.763. The van der Waals surface area contributed by atoms with E-state index in [1.165, 1.54) is 6.07 Å². The summed E-state index contributed by atoms with van der Waals surface area (Å²) in [6.45, 7) is 5.33. The van der Waals surface area contributed by atoms with Crippen molar-refractivity contribution in [2.24, 2.45) is 4.99 Å². The molecule has 3 rings (SSSR count). The maximum Gasteiger partial charge on any atom is 0.222 e. The standard InChI is InChI=1S/C23H29FN4O/c1-3-25-23(27(2)16-18-8-6-11-21(24)14-18)26-15-19-9-4-5-10-20(19)17-28-13-7-12-22(28)29/h4-6,8-11,14H,3,7,12-13,15-17H2,1-2H3,(H,25,26). The maximum atomic E-state index is 13.5. The van der Waals surface area contributed by atoms with Gasteiger partial charge in [-0.25, -0.2) is 9.38 Å². The van der Waals surface area contributed by atoms with Gasteiger partial charge in [-0.15, -0.1) is 0 Å². The van der Waals surface area contributed by atoms with Crippen LogP contribution in [-0.4, -0.2) is 41.8 Å². The van der Waals surface area contributed by atoms with Gasteiger partial charge >= 0.3 is 0 Å². The molecular weight excluding hydrogens is 367 g/mol. The number of benzene rings is 2. The highest BCUT2D eigenvalue weighted by molar-refractivity contribution is 5.80. The molecule has 1 aliphatic rings. The molecule has 1 N–H and O–H groups in total. The summed E-state index contributed by atoms with van der Waals surface area (Å²) in [7, 11) is 1.95. The van der Waals surface area contributed by atoms with Gasteiger partial charge in [-0.1, -0.05) is 36.4 Å². The summed E-state index contributed by atoms with van der Waals surface area (Å²) in [5.41, 5.74) is 3.14. The Labute approximate surface area is 172 Å². The van der Waals surface area contributed by atoms with E-state index in [0.29, 0.717) is 26.1 Å². The highest BCUT2D eigenvalue weighted by Crippen LogP contribution is 2.18. The van der Waals surface area contributed by atoms with Crippen LogP contribution in [0.25, 0.3) is 0 Å². The molecule has 1 amide bonds. The summed E-state index contributed by atoms with van der Waals surface area (Å²) in [6, 6.07) is 14.8. The number of rotatable bonds is 7. The summed E-state index contributed by atoms with van der Waals surface area (Å²) in [5, 5.41) is 3.30. The molecule has 1 heterocycles. The molecule has 5 nitrogen and oxygen atoms in total. The number of carbonyl (C=O) groups is 1. The molecule has 0 radical (unpaired) electrons. The van der Waals surface area contributed by atoms with Crippen molar-refractivity contribution >= 4 is 11.9 Å². The van der Waals surface area contributed by atoms with Crippen LogP contribution in [0.1, 0.15) is 36.5 Å². The molecule has 1 fully saturated rings. The zero-order chi connectivity index (χ0) is 20.6. The maximum absolute atomic E-state index is 13.5.